The van der Waals surface area contributed by atoms with Crippen molar-refractivity contribution in [3.63, 3.8) is 0 Å². The highest BCUT2D eigenvalue weighted by atomic mass is 35.5. The van der Waals surface area contributed by atoms with Crippen molar-refractivity contribution < 1.29 is 8.42 Å². The quantitative estimate of drug-likeness (QED) is 0.799. The lowest BCUT2D eigenvalue weighted by Gasteiger charge is -2.23. The van der Waals surface area contributed by atoms with E-state index in [4.69, 9.17) is 11.6 Å². The molecule has 0 amide bonds. The van der Waals surface area contributed by atoms with Crippen molar-refractivity contribution in [3.05, 3.63) is 29.3 Å². The fourth-order valence-electron chi connectivity index (χ4n) is 2.94. The fraction of sp³-hybridized carbons (Fsp3) is 0.600. The minimum absolute atomic E-state index is 0.0689. The van der Waals surface area contributed by atoms with Gasteiger partial charge in [-0.3, -0.25) is 0 Å². The number of hydrogen-bond donors (Lipinski definition) is 0. The maximum absolute atomic E-state index is 12.9. The minimum Gasteiger partial charge on any atom is -0.207 e. The Balaban J connectivity index is 2.48. The third kappa shape index (κ3) is 2.87. The van der Waals surface area contributed by atoms with E-state index in [0.717, 1.165) is 17.5 Å². The summed E-state index contributed by atoms with van der Waals surface area (Å²) in [6.07, 6.45) is 1.63. The summed E-state index contributed by atoms with van der Waals surface area (Å²) in [5.41, 5.74) is 1.72. The summed E-state index contributed by atoms with van der Waals surface area (Å²) in [5, 5.41) is 0. The highest BCUT2D eigenvalue weighted by Crippen LogP contribution is 2.31. The molecule has 2 atom stereocenters. The molecule has 1 fully saturated rings. The molecular formula is C15H22ClNO2S. The second kappa shape index (κ2) is 6.04. The zero-order valence-corrected chi connectivity index (χ0v) is 13.8. The third-order valence-corrected chi connectivity index (χ3v) is 6.35. The van der Waals surface area contributed by atoms with E-state index >= 15 is 0 Å². The summed E-state index contributed by atoms with van der Waals surface area (Å²) in [4.78, 5) is 0.430. The van der Waals surface area contributed by atoms with Crippen molar-refractivity contribution in [1.29, 1.82) is 0 Å². The highest BCUT2D eigenvalue weighted by molar-refractivity contribution is 7.89. The third-order valence-electron chi connectivity index (χ3n) is 3.98. The molecule has 1 saturated heterocycles. The van der Waals surface area contributed by atoms with Gasteiger partial charge in [-0.15, -0.1) is 11.6 Å². The molecule has 0 radical (unpaired) electrons. The van der Waals surface area contributed by atoms with Crippen LogP contribution in [-0.2, 0) is 22.3 Å². The molecule has 20 heavy (non-hydrogen) atoms. The van der Waals surface area contributed by atoms with Gasteiger partial charge in [0, 0.05) is 18.5 Å². The van der Waals surface area contributed by atoms with Crippen molar-refractivity contribution in [3.8, 4) is 0 Å². The number of nitrogens with zero attached hydrogens (tertiary/aromatic N) is 1. The summed E-state index contributed by atoms with van der Waals surface area (Å²) in [7, 11) is -3.42. The van der Waals surface area contributed by atoms with E-state index in [-0.39, 0.29) is 6.04 Å². The molecule has 1 aromatic carbocycles. The van der Waals surface area contributed by atoms with Gasteiger partial charge in [0.2, 0.25) is 10.0 Å². The molecule has 0 aliphatic carbocycles. The predicted octanol–water partition coefficient (Wildman–Crippen LogP) is 3.41. The molecule has 0 N–H and O–H groups in total. The van der Waals surface area contributed by atoms with Crippen LogP contribution in [0.4, 0.5) is 0 Å². The van der Waals surface area contributed by atoms with Gasteiger partial charge >= 0.3 is 0 Å². The number of aryl methyl sites for hydroxylation is 1. The van der Waals surface area contributed by atoms with Gasteiger partial charge in [-0.1, -0.05) is 26.0 Å². The minimum atomic E-state index is -3.42. The Morgan fingerprint density at radius 1 is 1.35 bits per heavy atom. The Bertz CT molecular complexity index is 586. The van der Waals surface area contributed by atoms with E-state index in [1.165, 1.54) is 0 Å². The fourth-order valence-corrected chi connectivity index (χ4v) is 5.21. The van der Waals surface area contributed by atoms with Crippen LogP contribution in [0.25, 0.3) is 0 Å². The van der Waals surface area contributed by atoms with Crippen LogP contribution in [0, 0.1) is 5.92 Å². The second-order valence-corrected chi connectivity index (χ2v) is 7.82. The first kappa shape index (κ1) is 15.8. The molecule has 3 nitrogen and oxygen atoms in total. The lowest BCUT2D eigenvalue weighted by Crippen LogP contribution is -2.34. The van der Waals surface area contributed by atoms with Crippen LogP contribution in [0.15, 0.2) is 23.1 Å². The average molecular weight is 316 g/mol. The largest absolute Gasteiger partial charge is 0.243 e. The lowest BCUT2D eigenvalue weighted by atomic mass is 10.1. The van der Waals surface area contributed by atoms with Crippen LogP contribution in [0.3, 0.4) is 0 Å². The van der Waals surface area contributed by atoms with Gasteiger partial charge < -0.3 is 0 Å². The molecule has 112 valence electrons. The molecule has 2 unspecified atom stereocenters. The Labute approximate surface area is 127 Å². The van der Waals surface area contributed by atoms with Crippen molar-refractivity contribution >= 4 is 21.6 Å². The Kier molecular flexibility index (Phi) is 4.77. The van der Waals surface area contributed by atoms with Crippen LogP contribution in [0.2, 0.25) is 0 Å². The number of alkyl halides is 1. The zero-order chi connectivity index (χ0) is 14.9. The van der Waals surface area contributed by atoms with E-state index in [0.29, 0.717) is 29.7 Å². The van der Waals surface area contributed by atoms with Crippen LogP contribution >= 0.6 is 11.6 Å². The normalized spacial score (nSPS) is 24.2. The first-order valence-corrected chi connectivity index (χ1v) is 9.07. The molecule has 0 bridgehead atoms. The molecule has 1 aliphatic rings. The van der Waals surface area contributed by atoms with E-state index in [1.54, 1.807) is 10.4 Å². The van der Waals surface area contributed by atoms with E-state index < -0.39 is 10.0 Å². The molecule has 0 aromatic heterocycles. The molecule has 1 aliphatic heterocycles. The summed E-state index contributed by atoms with van der Waals surface area (Å²) >= 11 is 5.85. The van der Waals surface area contributed by atoms with Gasteiger partial charge in [0.15, 0.2) is 0 Å². The number of sulfonamides is 1. The average Bonchev–Trinajstić information content (AvgIpc) is 2.77. The highest BCUT2D eigenvalue weighted by Gasteiger charge is 2.36. The standard InChI is InChI=1S/C15H22ClNO2S/c1-4-14-6-5-13(9-16)8-15(14)20(18,19)17-10-11(2)7-12(17)3/h5-6,8,11-12H,4,7,9-10H2,1-3H3. The Morgan fingerprint density at radius 2 is 2.05 bits per heavy atom. The molecular weight excluding hydrogens is 294 g/mol. The van der Waals surface area contributed by atoms with Crippen LogP contribution in [0.5, 0.6) is 0 Å². The summed E-state index contributed by atoms with van der Waals surface area (Å²) in [6.45, 7) is 6.67. The van der Waals surface area contributed by atoms with Crippen LogP contribution in [0.1, 0.15) is 38.3 Å². The van der Waals surface area contributed by atoms with Gasteiger partial charge in [-0.05, 0) is 42.9 Å². The number of rotatable bonds is 4. The molecule has 1 aromatic rings. The smallest absolute Gasteiger partial charge is 0.207 e. The maximum atomic E-state index is 12.9. The molecule has 0 spiro atoms. The molecule has 1 heterocycles. The first-order chi connectivity index (χ1) is 9.40. The van der Waals surface area contributed by atoms with Crippen LogP contribution < -0.4 is 0 Å². The van der Waals surface area contributed by atoms with E-state index in [1.807, 2.05) is 26.0 Å². The first-order valence-electron chi connectivity index (χ1n) is 7.09. The summed E-state index contributed by atoms with van der Waals surface area (Å²) in [6, 6.07) is 5.59. The maximum Gasteiger partial charge on any atom is 0.243 e. The van der Waals surface area contributed by atoms with Crippen molar-refractivity contribution in [2.45, 2.75) is 50.4 Å². The van der Waals surface area contributed by atoms with Crippen molar-refractivity contribution in [2.75, 3.05) is 6.54 Å². The van der Waals surface area contributed by atoms with Crippen molar-refractivity contribution in [2.24, 2.45) is 5.92 Å². The van der Waals surface area contributed by atoms with Crippen LogP contribution in [-0.4, -0.2) is 25.3 Å². The number of benzene rings is 1. The van der Waals surface area contributed by atoms with Crippen molar-refractivity contribution in [1.82, 2.24) is 4.31 Å². The van der Waals surface area contributed by atoms with Gasteiger partial charge in [0.25, 0.3) is 0 Å². The van der Waals surface area contributed by atoms with Gasteiger partial charge in [0.05, 0.1) is 4.90 Å². The van der Waals surface area contributed by atoms with E-state index in [9.17, 15) is 8.42 Å². The number of halogens is 1. The lowest BCUT2D eigenvalue weighted by molar-refractivity contribution is 0.405. The predicted molar refractivity (Wildman–Crippen MR) is 82.5 cm³/mol. The Morgan fingerprint density at radius 3 is 2.55 bits per heavy atom. The topological polar surface area (TPSA) is 37.4 Å². The SMILES string of the molecule is CCc1ccc(CCl)cc1S(=O)(=O)N1CC(C)CC1C. The van der Waals surface area contributed by atoms with E-state index in [2.05, 4.69) is 6.92 Å². The Hall–Kier alpha value is -0.580. The number of hydrogen-bond acceptors (Lipinski definition) is 2. The summed E-state index contributed by atoms with van der Waals surface area (Å²) < 4.78 is 27.5. The molecule has 5 heteroatoms. The van der Waals surface area contributed by atoms with Gasteiger partial charge in [-0.25, -0.2) is 8.42 Å². The molecule has 2 rings (SSSR count). The molecule has 0 saturated carbocycles. The second-order valence-electron chi connectivity index (χ2n) is 5.69. The monoisotopic (exact) mass is 315 g/mol. The van der Waals surface area contributed by atoms with Gasteiger partial charge in [0.1, 0.15) is 0 Å². The van der Waals surface area contributed by atoms with Gasteiger partial charge in [-0.2, -0.15) is 4.31 Å². The zero-order valence-electron chi connectivity index (χ0n) is 12.3. The summed E-state index contributed by atoms with van der Waals surface area (Å²) in [5.74, 6) is 0.749.